The molecule has 1 aromatic rings. The van der Waals surface area contributed by atoms with Crippen LogP contribution >= 0.6 is 0 Å². The van der Waals surface area contributed by atoms with Crippen LogP contribution in [-0.4, -0.2) is 18.6 Å². The molecule has 0 radical (unpaired) electrons. The van der Waals surface area contributed by atoms with Gasteiger partial charge in [0.05, 0.1) is 13.3 Å². The highest BCUT2D eigenvalue weighted by Gasteiger charge is 1.97. The largest absolute Gasteiger partial charge is 0.495 e. The number of hydrogen-bond donors (Lipinski definition) is 1. The maximum absolute atomic E-state index is 5.43. The summed E-state index contributed by atoms with van der Waals surface area (Å²) in [6.07, 6.45) is 6.52. The number of aromatic nitrogens is 1. The zero-order valence-corrected chi connectivity index (χ0v) is 8.66. The van der Waals surface area contributed by atoms with Crippen LogP contribution < -0.4 is 10.5 Å². The first-order valence-corrected chi connectivity index (χ1v) is 4.64. The van der Waals surface area contributed by atoms with Crippen LogP contribution in [0.1, 0.15) is 18.9 Å². The molecule has 0 aromatic carbocycles. The highest BCUT2D eigenvalue weighted by Crippen LogP contribution is 2.18. The van der Waals surface area contributed by atoms with Crippen LogP contribution in [0.4, 0.5) is 0 Å². The number of pyridine rings is 1. The van der Waals surface area contributed by atoms with Crippen molar-refractivity contribution in [1.82, 2.24) is 4.98 Å². The Balaban J connectivity index is 2.84. The lowest BCUT2D eigenvalue weighted by molar-refractivity contribution is 0.412. The predicted molar refractivity (Wildman–Crippen MR) is 58.1 cm³/mol. The standard InChI is InChI=1S/C11H16N2O/c1-9(4-3-5-12)10-6-11(14-2)8-13-7-10/h4,6-8H,3,5,12H2,1-2H3/b9-4+. The molecule has 0 spiro atoms. The summed E-state index contributed by atoms with van der Waals surface area (Å²) in [4.78, 5) is 4.09. The molecule has 0 aliphatic carbocycles. The van der Waals surface area contributed by atoms with Gasteiger partial charge in [-0.1, -0.05) is 6.08 Å². The minimum atomic E-state index is 0.675. The number of allylic oxidation sites excluding steroid dienone is 1. The van der Waals surface area contributed by atoms with Gasteiger partial charge in [-0.3, -0.25) is 4.98 Å². The Morgan fingerprint density at radius 2 is 2.36 bits per heavy atom. The van der Waals surface area contributed by atoms with Gasteiger partial charge in [-0.25, -0.2) is 0 Å². The first kappa shape index (κ1) is 10.7. The summed E-state index contributed by atoms with van der Waals surface area (Å²) < 4.78 is 5.10. The molecule has 0 amide bonds. The number of rotatable bonds is 4. The first-order valence-electron chi connectivity index (χ1n) is 4.64. The van der Waals surface area contributed by atoms with Gasteiger partial charge in [-0.15, -0.1) is 0 Å². The van der Waals surface area contributed by atoms with Crippen LogP contribution in [0.25, 0.3) is 5.57 Å². The van der Waals surface area contributed by atoms with Crippen LogP contribution in [0.3, 0.4) is 0 Å². The SMILES string of the molecule is COc1cncc(/C(C)=C/CCN)c1. The average molecular weight is 192 g/mol. The fourth-order valence-corrected chi connectivity index (χ4v) is 1.16. The van der Waals surface area contributed by atoms with E-state index in [0.29, 0.717) is 6.54 Å². The van der Waals surface area contributed by atoms with E-state index in [4.69, 9.17) is 10.5 Å². The van der Waals surface area contributed by atoms with Crippen LogP contribution in [0.15, 0.2) is 24.5 Å². The van der Waals surface area contributed by atoms with E-state index in [2.05, 4.69) is 11.1 Å². The molecule has 0 saturated carbocycles. The molecule has 14 heavy (non-hydrogen) atoms. The molecule has 0 atom stereocenters. The van der Waals surface area contributed by atoms with Crippen LogP contribution in [0, 0.1) is 0 Å². The maximum Gasteiger partial charge on any atom is 0.137 e. The van der Waals surface area contributed by atoms with Crippen molar-refractivity contribution in [3.8, 4) is 5.75 Å². The molecule has 0 fully saturated rings. The van der Waals surface area contributed by atoms with Crippen molar-refractivity contribution < 1.29 is 4.74 Å². The van der Waals surface area contributed by atoms with Crippen LogP contribution in [-0.2, 0) is 0 Å². The smallest absolute Gasteiger partial charge is 0.137 e. The normalized spacial score (nSPS) is 11.5. The van der Waals surface area contributed by atoms with Gasteiger partial charge >= 0.3 is 0 Å². The van der Waals surface area contributed by atoms with E-state index in [1.807, 2.05) is 19.2 Å². The molecule has 76 valence electrons. The monoisotopic (exact) mass is 192 g/mol. The third-order valence-corrected chi connectivity index (χ3v) is 2.02. The molecular formula is C11H16N2O. The molecular weight excluding hydrogens is 176 g/mol. The average Bonchev–Trinajstić information content (AvgIpc) is 2.26. The molecule has 0 aliphatic heterocycles. The third-order valence-electron chi connectivity index (χ3n) is 2.02. The molecule has 3 nitrogen and oxygen atoms in total. The summed E-state index contributed by atoms with van der Waals surface area (Å²) in [7, 11) is 1.64. The van der Waals surface area contributed by atoms with Crippen molar-refractivity contribution >= 4 is 5.57 Å². The van der Waals surface area contributed by atoms with Gasteiger partial charge < -0.3 is 10.5 Å². The van der Waals surface area contributed by atoms with Crippen LogP contribution in [0.2, 0.25) is 0 Å². The molecule has 0 aliphatic rings. The second-order valence-electron chi connectivity index (χ2n) is 3.08. The predicted octanol–water partition coefficient (Wildman–Crippen LogP) is 1.84. The zero-order valence-electron chi connectivity index (χ0n) is 8.66. The molecule has 0 saturated heterocycles. The lowest BCUT2D eigenvalue weighted by atomic mass is 10.1. The van der Waals surface area contributed by atoms with E-state index in [1.165, 1.54) is 5.57 Å². The van der Waals surface area contributed by atoms with Crippen molar-refractivity contribution in [1.29, 1.82) is 0 Å². The van der Waals surface area contributed by atoms with E-state index in [-0.39, 0.29) is 0 Å². The van der Waals surface area contributed by atoms with Gasteiger partial charge in [0, 0.05) is 6.20 Å². The fourth-order valence-electron chi connectivity index (χ4n) is 1.16. The van der Waals surface area contributed by atoms with Gasteiger partial charge in [0.2, 0.25) is 0 Å². The molecule has 1 heterocycles. The van der Waals surface area contributed by atoms with Gasteiger partial charge in [0.15, 0.2) is 0 Å². The summed E-state index contributed by atoms with van der Waals surface area (Å²) >= 11 is 0. The van der Waals surface area contributed by atoms with E-state index in [9.17, 15) is 0 Å². The number of ether oxygens (including phenoxy) is 1. The summed E-state index contributed by atoms with van der Waals surface area (Å²) in [5, 5.41) is 0. The summed E-state index contributed by atoms with van der Waals surface area (Å²) in [6, 6.07) is 1.97. The molecule has 2 N–H and O–H groups in total. The second-order valence-corrected chi connectivity index (χ2v) is 3.08. The quantitative estimate of drug-likeness (QED) is 0.791. The van der Waals surface area contributed by atoms with E-state index in [1.54, 1.807) is 13.3 Å². The Labute approximate surface area is 84.6 Å². The van der Waals surface area contributed by atoms with Gasteiger partial charge in [-0.2, -0.15) is 0 Å². The van der Waals surface area contributed by atoms with Crippen molar-refractivity contribution in [3.05, 3.63) is 30.1 Å². The summed E-state index contributed by atoms with van der Waals surface area (Å²) in [5.41, 5.74) is 7.69. The third kappa shape index (κ3) is 2.85. The van der Waals surface area contributed by atoms with Crippen molar-refractivity contribution in [2.45, 2.75) is 13.3 Å². The Morgan fingerprint density at radius 3 is 3.00 bits per heavy atom. The maximum atomic E-state index is 5.43. The van der Waals surface area contributed by atoms with Gasteiger partial charge in [0.1, 0.15) is 5.75 Å². The van der Waals surface area contributed by atoms with Crippen molar-refractivity contribution in [2.75, 3.05) is 13.7 Å². The second kappa shape index (κ2) is 5.40. The summed E-state index contributed by atoms with van der Waals surface area (Å²) in [5.74, 6) is 0.781. The van der Waals surface area contributed by atoms with Gasteiger partial charge in [-0.05, 0) is 37.1 Å². The van der Waals surface area contributed by atoms with Crippen LogP contribution in [0.5, 0.6) is 5.75 Å². The first-order chi connectivity index (χ1) is 6.77. The Bertz CT molecular complexity index is 321. The Kier molecular flexibility index (Phi) is 4.13. The topological polar surface area (TPSA) is 48.1 Å². The van der Waals surface area contributed by atoms with E-state index in [0.717, 1.165) is 17.7 Å². The zero-order chi connectivity index (χ0) is 10.4. The molecule has 0 unspecified atom stereocenters. The Morgan fingerprint density at radius 1 is 1.57 bits per heavy atom. The fraction of sp³-hybridized carbons (Fsp3) is 0.364. The number of methoxy groups -OCH3 is 1. The lowest BCUT2D eigenvalue weighted by Crippen LogP contribution is -1.96. The van der Waals surface area contributed by atoms with Crippen molar-refractivity contribution in [3.63, 3.8) is 0 Å². The lowest BCUT2D eigenvalue weighted by Gasteiger charge is -2.03. The van der Waals surface area contributed by atoms with Crippen molar-refractivity contribution in [2.24, 2.45) is 5.73 Å². The number of hydrogen-bond acceptors (Lipinski definition) is 3. The highest BCUT2D eigenvalue weighted by molar-refractivity contribution is 5.63. The van der Waals surface area contributed by atoms with Gasteiger partial charge in [0.25, 0.3) is 0 Å². The highest BCUT2D eigenvalue weighted by atomic mass is 16.5. The number of nitrogens with two attached hydrogens (primary N) is 1. The number of nitrogens with zero attached hydrogens (tertiary/aromatic N) is 1. The van der Waals surface area contributed by atoms with E-state index < -0.39 is 0 Å². The molecule has 1 aromatic heterocycles. The molecule has 3 heteroatoms. The molecule has 0 bridgehead atoms. The molecule has 1 rings (SSSR count). The summed E-state index contributed by atoms with van der Waals surface area (Å²) in [6.45, 7) is 2.72. The Hall–Kier alpha value is -1.35. The minimum absolute atomic E-state index is 0.675. The van der Waals surface area contributed by atoms with E-state index >= 15 is 0 Å². The minimum Gasteiger partial charge on any atom is -0.495 e.